The van der Waals surface area contributed by atoms with Crippen LogP contribution in [0.3, 0.4) is 0 Å². The van der Waals surface area contributed by atoms with Crippen molar-refractivity contribution in [3.63, 3.8) is 0 Å². The summed E-state index contributed by atoms with van der Waals surface area (Å²) in [6, 6.07) is 16.7. The lowest BCUT2D eigenvalue weighted by Crippen LogP contribution is -2.42. The van der Waals surface area contributed by atoms with E-state index in [4.69, 9.17) is 15.6 Å². The zero-order chi connectivity index (χ0) is 30.2. The number of carboxylic acid groups (broad SMARTS) is 1. The van der Waals surface area contributed by atoms with Gasteiger partial charge >= 0.3 is 5.97 Å². The number of thiophene rings is 1. The summed E-state index contributed by atoms with van der Waals surface area (Å²) in [4.78, 5) is 43.7. The van der Waals surface area contributed by atoms with Crippen LogP contribution in [0.5, 0.6) is 0 Å². The van der Waals surface area contributed by atoms with E-state index in [-0.39, 0.29) is 48.1 Å². The van der Waals surface area contributed by atoms with Gasteiger partial charge in [-0.15, -0.1) is 11.3 Å². The van der Waals surface area contributed by atoms with Crippen molar-refractivity contribution in [2.75, 3.05) is 6.54 Å². The van der Waals surface area contributed by atoms with E-state index in [1.165, 1.54) is 11.3 Å². The summed E-state index contributed by atoms with van der Waals surface area (Å²) >= 11 is 1.38. The third kappa shape index (κ3) is 7.72. The Labute approximate surface area is 247 Å². The summed E-state index contributed by atoms with van der Waals surface area (Å²) in [5.41, 5.74) is 5.78. The van der Waals surface area contributed by atoms with Crippen LogP contribution in [0.1, 0.15) is 65.2 Å². The SMILES string of the molecule is CC(C)CC(NC(=O)c1cc2ccccc2s1)c1nc(C(=O)N[C@@H](CCCNC(=N)N)C(=O)O)c(-c2ccccc2)o1. The van der Waals surface area contributed by atoms with Gasteiger partial charge in [0.1, 0.15) is 12.1 Å². The van der Waals surface area contributed by atoms with Crippen molar-refractivity contribution in [3.8, 4) is 11.3 Å². The molecule has 7 N–H and O–H groups in total. The number of nitrogens with zero attached hydrogens (tertiary/aromatic N) is 1. The molecule has 0 fully saturated rings. The van der Waals surface area contributed by atoms with E-state index >= 15 is 0 Å². The van der Waals surface area contributed by atoms with Gasteiger partial charge in [-0.1, -0.05) is 62.4 Å². The first-order valence-corrected chi connectivity index (χ1v) is 14.4. The second kappa shape index (κ2) is 13.8. The van der Waals surface area contributed by atoms with Crippen LogP contribution >= 0.6 is 11.3 Å². The van der Waals surface area contributed by atoms with E-state index in [0.717, 1.165) is 10.1 Å². The van der Waals surface area contributed by atoms with Crippen LogP contribution in [0.2, 0.25) is 0 Å². The molecule has 42 heavy (non-hydrogen) atoms. The minimum atomic E-state index is -1.20. The molecule has 220 valence electrons. The number of rotatable bonds is 13. The molecule has 0 aliphatic heterocycles. The summed E-state index contributed by atoms with van der Waals surface area (Å²) in [6.07, 6.45) is 0.952. The Kier molecular flexibility index (Phi) is 9.92. The topological polar surface area (TPSA) is 183 Å². The zero-order valence-electron chi connectivity index (χ0n) is 23.3. The zero-order valence-corrected chi connectivity index (χ0v) is 24.2. The lowest BCUT2D eigenvalue weighted by molar-refractivity contribution is -0.139. The molecule has 2 aromatic carbocycles. The Morgan fingerprint density at radius 3 is 2.43 bits per heavy atom. The number of nitrogens with one attached hydrogen (secondary N) is 4. The van der Waals surface area contributed by atoms with Gasteiger partial charge in [0.25, 0.3) is 11.8 Å². The molecule has 11 nitrogen and oxygen atoms in total. The second-order valence-corrected chi connectivity index (χ2v) is 11.3. The highest BCUT2D eigenvalue weighted by atomic mass is 32.1. The molecule has 0 radical (unpaired) electrons. The van der Waals surface area contributed by atoms with Gasteiger partial charge in [0, 0.05) is 16.8 Å². The number of oxazole rings is 1. The molecule has 0 aliphatic carbocycles. The Morgan fingerprint density at radius 1 is 1.05 bits per heavy atom. The molecule has 2 atom stereocenters. The number of nitrogens with two attached hydrogens (primary N) is 1. The second-order valence-electron chi connectivity index (χ2n) is 10.2. The summed E-state index contributed by atoms with van der Waals surface area (Å²) in [5, 5.41) is 26.1. The smallest absolute Gasteiger partial charge is 0.326 e. The molecule has 2 aromatic heterocycles. The van der Waals surface area contributed by atoms with E-state index in [1.54, 1.807) is 24.3 Å². The number of carbonyl (C=O) groups is 3. The number of guanidine groups is 1. The van der Waals surface area contributed by atoms with Crippen molar-refractivity contribution in [1.29, 1.82) is 5.41 Å². The average molecular weight is 591 g/mol. The van der Waals surface area contributed by atoms with E-state index in [9.17, 15) is 19.5 Å². The number of fused-ring (bicyclic) bond motifs is 1. The van der Waals surface area contributed by atoms with Crippen LogP contribution < -0.4 is 21.7 Å². The van der Waals surface area contributed by atoms with Crippen LogP contribution in [0.15, 0.2) is 65.1 Å². The summed E-state index contributed by atoms with van der Waals surface area (Å²) in [7, 11) is 0. The number of aromatic nitrogens is 1. The number of benzene rings is 2. The average Bonchev–Trinajstić information content (AvgIpc) is 3.59. The first-order chi connectivity index (χ1) is 20.1. The van der Waals surface area contributed by atoms with Gasteiger partial charge < -0.3 is 31.2 Å². The molecule has 4 rings (SSSR count). The van der Waals surface area contributed by atoms with Crippen LogP contribution in [0, 0.1) is 11.3 Å². The van der Waals surface area contributed by atoms with Gasteiger partial charge in [0.05, 0.1) is 4.88 Å². The van der Waals surface area contributed by atoms with Crippen LogP contribution in [0.25, 0.3) is 21.4 Å². The van der Waals surface area contributed by atoms with E-state index in [1.807, 2.05) is 50.2 Å². The number of aliphatic carboxylic acids is 1. The fourth-order valence-electron chi connectivity index (χ4n) is 4.45. The molecule has 4 aromatic rings. The van der Waals surface area contributed by atoms with Gasteiger partial charge in [-0.2, -0.15) is 0 Å². The molecule has 0 saturated heterocycles. The summed E-state index contributed by atoms with van der Waals surface area (Å²) in [6.45, 7) is 4.30. The fraction of sp³-hybridized carbons (Fsp3) is 0.300. The number of carboxylic acids is 1. The molecule has 0 saturated carbocycles. The third-order valence-corrected chi connectivity index (χ3v) is 7.56. The van der Waals surface area contributed by atoms with Gasteiger partial charge in [0.2, 0.25) is 5.89 Å². The van der Waals surface area contributed by atoms with E-state index < -0.39 is 24.0 Å². The molecule has 2 amide bonds. The Morgan fingerprint density at radius 2 is 1.76 bits per heavy atom. The maximum atomic E-state index is 13.4. The van der Waals surface area contributed by atoms with Crippen molar-refractivity contribution >= 4 is 45.2 Å². The number of hydrogen-bond acceptors (Lipinski definition) is 7. The van der Waals surface area contributed by atoms with Gasteiger partial charge in [-0.3, -0.25) is 15.0 Å². The normalized spacial score (nSPS) is 12.5. The lowest BCUT2D eigenvalue weighted by atomic mass is 10.0. The highest BCUT2D eigenvalue weighted by Gasteiger charge is 2.30. The minimum absolute atomic E-state index is 0.0748. The van der Waals surface area contributed by atoms with Gasteiger partial charge in [-0.05, 0) is 42.7 Å². The van der Waals surface area contributed by atoms with Crippen molar-refractivity contribution in [2.45, 2.75) is 45.2 Å². The van der Waals surface area contributed by atoms with Crippen molar-refractivity contribution in [2.24, 2.45) is 11.7 Å². The quantitative estimate of drug-likeness (QED) is 0.0746. The highest BCUT2D eigenvalue weighted by molar-refractivity contribution is 7.20. The van der Waals surface area contributed by atoms with Crippen LogP contribution in [0.4, 0.5) is 0 Å². The standard InChI is InChI=1S/C30H34N6O5S/c1-17(2)15-21(35-26(37)23-16-19-11-6-7-13-22(19)42-23)28-36-24(25(41-28)18-9-4-3-5-10-18)27(38)34-20(29(39)40)12-8-14-33-30(31)32/h3-7,9-11,13,16-17,20-21H,8,12,14-15H2,1-2H3,(H,34,38)(H,35,37)(H,39,40)(H4,31,32,33)/t20-,21?/m0/s1. The molecule has 12 heteroatoms. The predicted octanol–water partition coefficient (Wildman–Crippen LogP) is 4.52. The highest BCUT2D eigenvalue weighted by Crippen LogP contribution is 2.31. The Balaban J connectivity index is 1.62. The maximum Gasteiger partial charge on any atom is 0.326 e. The van der Waals surface area contributed by atoms with Gasteiger partial charge in [0.15, 0.2) is 17.4 Å². The maximum absolute atomic E-state index is 13.4. The molecule has 0 bridgehead atoms. The van der Waals surface area contributed by atoms with E-state index in [0.29, 0.717) is 23.3 Å². The number of carbonyl (C=O) groups excluding carboxylic acids is 2. The van der Waals surface area contributed by atoms with Gasteiger partial charge in [-0.25, -0.2) is 9.78 Å². The number of amides is 2. The summed E-state index contributed by atoms with van der Waals surface area (Å²) < 4.78 is 7.16. The largest absolute Gasteiger partial charge is 0.480 e. The van der Waals surface area contributed by atoms with Crippen molar-refractivity contribution in [1.82, 2.24) is 20.9 Å². The Hall–Kier alpha value is -4.71. The first-order valence-electron chi connectivity index (χ1n) is 13.6. The molecule has 0 aliphatic rings. The first kappa shape index (κ1) is 30.3. The lowest BCUT2D eigenvalue weighted by Gasteiger charge is -2.17. The van der Waals surface area contributed by atoms with Crippen molar-refractivity contribution < 1.29 is 23.9 Å². The molecular weight excluding hydrogens is 556 g/mol. The minimum Gasteiger partial charge on any atom is -0.480 e. The Bertz CT molecular complexity index is 1530. The molecule has 0 spiro atoms. The molecule has 1 unspecified atom stereocenters. The van der Waals surface area contributed by atoms with Crippen molar-refractivity contribution in [3.05, 3.63) is 77.1 Å². The molecular formula is C30H34N6O5S. The van der Waals surface area contributed by atoms with Crippen LogP contribution in [-0.2, 0) is 4.79 Å². The molecule has 2 heterocycles. The van der Waals surface area contributed by atoms with E-state index in [2.05, 4.69) is 20.9 Å². The van der Waals surface area contributed by atoms with Crippen LogP contribution in [-0.4, -0.2) is 46.4 Å². The third-order valence-electron chi connectivity index (χ3n) is 6.44. The monoisotopic (exact) mass is 590 g/mol. The fourth-order valence-corrected chi connectivity index (χ4v) is 5.42. The summed E-state index contributed by atoms with van der Waals surface area (Å²) in [5.74, 6) is -1.93. The number of hydrogen-bond donors (Lipinski definition) is 6. The predicted molar refractivity (Wildman–Crippen MR) is 161 cm³/mol.